The Balaban J connectivity index is 2.17. The van der Waals surface area contributed by atoms with E-state index in [-0.39, 0.29) is 24.4 Å². The van der Waals surface area contributed by atoms with Gasteiger partial charge in [-0.05, 0) is 43.4 Å². The zero-order chi connectivity index (χ0) is 13.1. The first-order chi connectivity index (χ1) is 8.61. The monoisotopic (exact) mass is 252 g/mol. The van der Waals surface area contributed by atoms with Crippen molar-refractivity contribution in [1.82, 2.24) is 0 Å². The van der Waals surface area contributed by atoms with Crippen molar-refractivity contribution in [2.75, 3.05) is 24.6 Å². The minimum absolute atomic E-state index is 0.153. The van der Waals surface area contributed by atoms with Crippen LogP contribution in [-0.2, 0) is 0 Å². The van der Waals surface area contributed by atoms with Crippen LogP contribution in [0.1, 0.15) is 31.4 Å². The van der Waals surface area contributed by atoms with Crippen molar-refractivity contribution in [3.63, 3.8) is 0 Å². The van der Waals surface area contributed by atoms with Crippen LogP contribution >= 0.6 is 0 Å². The van der Waals surface area contributed by atoms with Gasteiger partial charge in [-0.2, -0.15) is 0 Å². The van der Waals surface area contributed by atoms with Crippen LogP contribution in [0.2, 0.25) is 0 Å². The highest BCUT2D eigenvalue weighted by molar-refractivity contribution is 5.50. The normalized spacial score (nSPS) is 22.0. The van der Waals surface area contributed by atoms with Crippen LogP contribution in [0.4, 0.5) is 10.1 Å². The summed E-state index contributed by atoms with van der Waals surface area (Å²) in [5.74, 6) is 0.0367. The Bertz CT molecular complexity index is 409. The first-order valence-electron chi connectivity index (χ1n) is 6.52. The van der Waals surface area contributed by atoms with E-state index in [1.807, 2.05) is 17.9 Å². The number of hydrogen-bond donors (Lipinski definition) is 2. The van der Waals surface area contributed by atoms with Crippen molar-refractivity contribution >= 4 is 5.69 Å². The van der Waals surface area contributed by atoms with E-state index in [0.717, 1.165) is 31.5 Å². The van der Waals surface area contributed by atoms with Crippen molar-refractivity contribution < 1.29 is 9.50 Å². The van der Waals surface area contributed by atoms with Gasteiger partial charge in [0.25, 0.3) is 0 Å². The van der Waals surface area contributed by atoms with Gasteiger partial charge in [0, 0.05) is 25.7 Å². The molecular weight excluding hydrogens is 231 g/mol. The largest absolute Gasteiger partial charge is 0.396 e. The van der Waals surface area contributed by atoms with Crippen LogP contribution in [0.3, 0.4) is 0 Å². The molecule has 100 valence electrons. The molecule has 1 aromatic rings. The third kappa shape index (κ3) is 2.82. The smallest absolute Gasteiger partial charge is 0.146 e. The molecule has 1 aromatic carbocycles. The molecule has 4 heteroatoms. The van der Waals surface area contributed by atoms with Crippen molar-refractivity contribution in [2.24, 2.45) is 11.7 Å². The zero-order valence-electron chi connectivity index (χ0n) is 10.8. The lowest BCUT2D eigenvalue weighted by Gasteiger charge is -2.34. The standard InChI is InChI=1S/C14H21FN2O/c1-10(16)12-4-5-14(13(15)7-12)17-6-2-3-11(8-17)9-18/h4-5,7,10-11,18H,2-3,6,8-9,16H2,1H3/t10-,11?/m1/s1. The highest BCUT2D eigenvalue weighted by Crippen LogP contribution is 2.27. The Morgan fingerprint density at radius 2 is 2.33 bits per heavy atom. The molecule has 0 amide bonds. The molecular formula is C14H21FN2O. The molecule has 1 aliphatic heterocycles. The minimum atomic E-state index is -0.219. The van der Waals surface area contributed by atoms with E-state index in [1.165, 1.54) is 6.07 Å². The van der Waals surface area contributed by atoms with Crippen LogP contribution in [0.15, 0.2) is 18.2 Å². The molecule has 2 rings (SSSR count). The van der Waals surface area contributed by atoms with Gasteiger partial charge in [-0.3, -0.25) is 0 Å². The topological polar surface area (TPSA) is 49.5 Å². The summed E-state index contributed by atoms with van der Waals surface area (Å²) in [4.78, 5) is 2.02. The lowest BCUT2D eigenvalue weighted by atomic mass is 9.98. The van der Waals surface area contributed by atoms with Gasteiger partial charge in [-0.1, -0.05) is 6.07 Å². The molecule has 1 saturated heterocycles. The molecule has 2 atom stereocenters. The van der Waals surface area contributed by atoms with E-state index >= 15 is 0 Å². The summed E-state index contributed by atoms with van der Waals surface area (Å²) >= 11 is 0. The van der Waals surface area contributed by atoms with Gasteiger partial charge >= 0.3 is 0 Å². The highest BCUT2D eigenvalue weighted by Gasteiger charge is 2.21. The second-order valence-corrected chi connectivity index (χ2v) is 5.14. The van der Waals surface area contributed by atoms with Gasteiger partial charge < -0.3 is 15.7 Å². The van der Waals surface area contributed by atoms with E-state index in [4.69, 9.17) is 5.73 Å². The summed E-state index contributed by atoms with van der Waals surface area (Å²) in [6, 6.07) is 5.04. The van der Waals surface area contributed by atoms with Gasteiger partial charge in [-0.15, -0.1) is 0 Å². The molecule has 0 aromatic heterocycles. The maximum absolute atomic E-state index is 14.1. The van der Waals surface area contributed by atoms with Crippen LogP contribution < -0.4 is 10.6 Å². The van der Waals surface area contributed by atoms with E-state index in [1.54, 1.807) is 6.07 Å². The lowest BCUT2D eigenvalue weighted by Crippen LogP contribution is -2.37. The third-order valence-electron chi connectivity index (χ3n) is 3.62. The summed E-state index contributed by atoms with van der Waals surface area (Å²) in [6.45, 7) is 3.60. The van der Waals surface area contributed by atoms with Crippen molar-refractivity contribution in [3.8, 4) is 0 Å². The molecule has 3 N–H and O–H groups in total. The molecule has 0 radical (unpaired) electrons. The van der Waals surface area contributed by atoms with Gasteiger partial charge in [-0.25, -0.2) is 4.39 Å². The lowest BCUT2D eigenvalue weighted by molar-refractivity contribution is 0.208. The van der Waals surface area contributed by atoms with E-state index in [0.29, 0.717) is 5.69 Å². The Labute approximate surface area is 107 Å². The highest BCUT2D eigenvalue weighted by atomic mass is 19.1. The molecule has 1 heterocycles. The summed E-state index contributed by atoms with van der Waals surface area (Å²) in [7, 11) is 0. The van der Waals surface area contributed by atoms with Crippen LogP contribution in [0.5, 0.6) is 0 Å². The van der Waals surface area contributed by atoms with Crippen molar-refractivity contribution in [2.45, 2.75) is 25.8 Å². The molecule has 1 aliphatic rings. The number of piperidine rings is 1. The van der Waals surface area contributed by atoms with Gasteiger partial charge in [0.05, 0.1) is 5.69 Å². The number of nitrogens with two attached hydrogens (primary N) is 1. The van der Waals surface area contributed by atoms with Crippen LogP contribution in [0.25, 0.3) is 0 Å². The second-order valence-electron chi connectivity index (χ2n) is 5.14. The molecule has 3 nitrogen and oxygen atoms in total. The maximum Gasteiger partial charge on any atom is 0.146 e. The Morgan fingerprint density at radius 1 is 1.56 bits per heavy atom. The summed E-state index contributed by atoms with van der Waals surface area (Å²) in [6.07, 6.45) is 2.02. The number of anilines is 1. The quantitative estimate of drug-likeness (QED) is 0.865. The van der Waals surface area contributed by atoms with Crippen molar-refractivity contribution in [1.29, 1.82) is 0 Å². The number of rotatable bonds is 3. The first-order valence-corrected chi connectivity index (χ1v) is 6.52. The Hall–Kier alpha value is -1.13. The molecule has 0 saturated carbocycles. The summed E-state index contributed by atoms with van der Waals surface area (Å²) < 4.78 is 14.1. The predicted molar refractivity (Wildman–Crippen MR) is 71.0 cm³/mol. The van der Waals surface area contributed by atoms with E-state index < -0.39 is 0 Å². The average molecular weight is 252 g/mol. The number of aliphatic hydroxyl groups excluding tert-OH is 1. The summed E-state index contributed by atoms with van der Waals surface area (Å²) in [5.41, 5.74) is 7.18. The van der Waals surface area contributed by atoms with Gasteiger partial charge in [0.15, 0.2) is 0 Å². The van der Waals surface area contributed by atoms with E-state index in [9.17, 15) is 9.50 Å². The average Bonchev–Trinajstić information content (AvgIpc) is 2.38. The fourth-order valence-corrected chi connectivity index (χ4v) is 2.50. The third-order valence-corrected chi connectivity index (χ3v) is 3.62. The molecule has 18 heavy (non-hydrogen) atoms. The zero-order valence-corrected chi connectivity index (χ0v) is 10.8. The SMILES string of the molecule is C[C@@H](N)c1ccc(N2CCCC(CO)C2)c(F)c1. The fraction of sp³-hybridized carbons (Fsp3) is 0.571. The molecule has 0 aliphatic carbocycles. The Morgan fingerprint density at radius 3 is 2.94 bits per heavy atom. The van der Waals surface area contributed by atoms with Crippen LogP contribution in [0, 0.1) is 11.7 Å². The summed E-state index contributed by atoms with van der Waals surface area (Å²) in [5, 5.41) is 9.20. The molecule has 1 fully saturated rings. The fourth-order valence-electron chi connectivity index (χ4n) is 2.50. The number of halogens is 1. The molecule has 0 bridgehead atoms. The molecule has 0 spiro atoms. The number of hydrogen-bond acceptors (Lipinski definition) is 3. The second kappa shape index (κ2) is 5.67. The Kier molecular flexibility index (Phi) is 4.19. The van der Waals surface area contributed by atoms with Gasteiger partial charge in [0.2, 0.25) is 0 Å². The van der Waals surface area contributed by atoms with Gasteiger partial charge in [0.1, 0.15) is 5.82 Å². The first kappa shape index (κ1) is 13.3. The number of aliphatic hydroxyl groups is 1. The molecule has 1 unspecified atom stereocenters. The predicted octanol–water partition coefficient (Wildman–Crippen LogP) is 2.05. The van der Waals surface area contributed by atoms with E-state index in [2.05, 4.69) is 0 Å². The van der Waals surface area contributed by atoms with Crippen LogP contribution in [-0.4, -0.2) is 24.8 Å². The number of benzene rings is 1. The van der Waals surface area contributed by atoms with Crippen molar-refractivity contribution in [3.05, 3.63) is 29.6 Å². The minimum Gasteiger partial charge on any atom is -0.396 e. The number of nitrogens with zero attached hydrogens (tertiary/aromatic N) is 1. The maximum atomic E-state index is 14.1.